The van der Waals surface area contributed by atoms with Crippen LogP contribution in [0.15, 0.2) is 50.6 Å². The molecule has 18 heavy (non-hydrogen) atoms. The third kappa shape index (κ3) is 2.02. The van der Waals surface area contributed by atoms with Gasteiger partial charge in [-0.25, -0.2) is 0 Å². The summed E-state index contributed by atoms with van der Waals surface area (Å²) < 4.78 is 11.6. The lowest BCUT2D eigenvalue weighted by Crippen LogP contribution is -1.98. The molecule has 0 aromatic carbocycles. The highest BCUT2D eigenvalue weighted by atomic mass is 32.1. The van der Waals surface area contributed by atoms with Crippen molar-refractivity contribution in [2.45, 2.75) is 19.8 Å². The lowest BCUT2D eigenvalue weighted by Gasteiger charge is -2.10. The first kappa shape index (κ1) is 11.4. The van der Waals surface area contributed by atoms with Gasteiger partial charge in [-0.3, -0.25) is 0 Å². The SMILES string of the molecule is Cc1ccc(C(c2ccc(C)o2)c2cccs2)o1. The highest BCUT2D eigenvalue weighted by Gasteiger charge is 2.23. The van der Waals surface area contributed by atoms with Crippen molar-refractivity contribution in [3.63, 3.8) is 0 Å². The molecule has 3 heterocycles. The molecule has 0 atom stereocenters. The van der Waals surface area contributed by atoms with Gasteiger partial charge in [0, 0.05) is 4.88 Å². The Morgan fingerprint density at radius 2 is 1.50 bits per heavy atom. The summed E-state index contributed by atoms with van der Waals surface area (Å²) in [6, 6.07) is 12.2. The largest absolute Gasteiger partial charge is 0.465 e. The van der Waals surface area contributed by atoms with Crippen LogP contribution in [0, 0.1) is 13.8 Å². The Morgan fingerprint density at radius 3 is 1.89 bits per heavy atom. The minimum atomic E-state index is 0.0624. The van der Waals surface area contributed by atoms with E-state index in [1.165, 1.54) is 4.88 Å². The monoisotopic (exact) mass is 258 g/mol. The Hall–Kier alpha value is -1.74. The number of thiophene rings is 1. The fourth-order valence-corrected chi connectivity index (χ4v) is 2.93. The van der Waals surface area contributed by atoms with E-state index in [4.69, 9.17) is 8.83 Å². The second kappa shape index (κ2) is 4.50. The normalized spacial score (nSPS) is 11.3. The Bertz CT molecular complexity index is 591. The maximum atomic E-state index is 5.78. The molecule has 2 nitrogen and oxygen atoms in total. The quantitative estimate of drug-likeness (QED) is 0.678. The second-order valence-electron chi connectivity index (χ2n) is 4.35. The first-order valence-corrected chi connectivity index (χ1v) is 6.78. The van der Waals surface area contributed by atoms with Gasteiger partial charge in [0.1, 0.15) is 29.0 Å². The van der Waals surface area contributed by atoms with Crippen LogP contribution in [0.1, 0.15) is 33.8 Å². The fraction of sp³-hybridized carbons (Fsp3) is 0.200. The molecule has 0 aliphatic carbocycles. The number of aryl methyl sites for hydroxylation is 2. The molecule has 3 aromatic rings. The summed E-state index contributed by atoms with van der Waals surface area (Å²) in [5, 5.41) is 2.08. The Labute approximate surface area is 110 Å². The van der Waals surface area contributed by atoms with Crippen LogP contribution in [-0.2, 0) is 0 Å². The summed E-state index contributed by atoms with van der Waals surface area (Å²) in [7, 11) is 0. The van der Waals surface area contributed by atoms with E-state index in [0.717, 1.165) is 23.0 Å². The number of hydrogen-bond acceptors (Lipinski definition) is 3. The molecule has 0 spiro atoms. The molecule has 0 bridgehead atoms. The van der Waals surface area contributed by atoms with E-state index in [9.17, 15) is 0 Å². The minimum Gasteiger partial charge on any atom is -0.465 e. The molecule has 92 valence electrons. The lowest BCUT2D eigenvalue weighted by atomic mass is 10.0. The maximum Gasteiger partial charge on any atom is 0.120 e. The van der Waals surface area contributed by atoms with Gasteiger partial charge in [-0.05, 0) is 49.6 Å². The van der Waals surface area contributed by atoms with E-state index in [2.05, 4.69) is 17.5 Å². The number of rotatable bonds is 3. The van der Waals surface area contributed by atoms with Crippen LogP contribution in [0.2, 0.25) is 0 Å². The Kier molecular flexibility index (Phi) is 2.84. The Morgan fingerprint density at radius 1 is 0.889 bits per heavy atom. The van der Waals surface area contributed by atoms with Crippen LogP contribution in [0.4, 0.5) is 0 Å². The zero-order valence-corrected chi connectivity index (χ0v) is 11.2. The van der Waals surface area contributed by atoms with Crippen molar-refractivity contribution in [3.8, 4) is 0 Å². The molecule has 3 heteroatoms. The van der Waals surface area contributed by atoms with Crippen molar-refractivity contribution in [1.29, 1.82) is 0 Å². The predicted octanol–water partition coefficient (Wildman–Crippen LogP) is 4.73. The van der Waals surface area contributed by atoms with Gasteiger partial charge in [-0.2, -0.15) is 0 Å². The molecule has 3 rings (SSSR count). The van der Waals surface area contributed by atoms with Crippen LogP contribution >= 0.6 is 11.3 Å². The van der Waals surface area contributed by atoms with Gasteiger partial charge in [-0.1, -0.05) is 6.07 Å². The molecule has 3 aromatic heterocycles. The molecular formula is C15H14O2S. The maximum absolute atomic E-state index is 5.78. The van der Waals surface area contributed by atoms with Crippen molar-refractivity contribution in [1.82, 2.24) is 0 Å². The lowest BCUT2D eigenvalue weighted by molar-refractivity contribution is 0.430. The standard InChI is InChI=1S/C15H14O2S/c1-10-5-7-12(16-10)15(14-4-3-9-18-14)13-8-6-11(2)17-13/h3-9,15H,1-2H3. The molecule has 0 saturated carbocycles. The molecule has 0 saturated heterocycles. The van der Waals surface area contributed by atoms with Crippen molar-refractivity contribution in [2.24, 2.45) is 0 Å². The first-order valence-electron chi connectivity index (χ1n) is 5.90. The molecule has 0 fully saturated rings. The van der Waals surface area contributed by atoms with Crippen molar-refractivity contribution < 1.29 is 8.83 Å². The van der Waals surface area contributed by atoms with Gasteiger partial charge < -0.3 is 8.83 Å². The molecule has 0 aliphatic rings. The summed E-state index contributed by atoms with van der Waals surface area (Å²) >= 11 is 1.72. The fourth-order valence-electron chi connectivity index (χ4n) is 2.09. The van der Waals surface area contributed by atoms with Crippen LogP contribution in [0.3, 0.4) is 0 Å². The van der Waals surface area contributed by atoms with E-state index in [-0.39, 0.29) is 5.92 Å². The molecule has 0 N–H and O–H groups in total. The van der Waals surface area contributed by atoms with Gasteiger partial charge in [-0.15, -0.1) is 11.3 Å². The molecule has 0 amide bonds. The summed E-state index contributed by atoms with van der Waals surface area (Å²) in [6.45, 7) is 3.92. The third-order valence-electron chi connectivity index (χ3n) is 2.92. The van der Waals surface area contributed by atoms with Crippen LogP contribution < -0.4 is 0 Å². The smallest absolute Gasteiger partial charge is 0.120 e. The minimum absolute atomic E-state index is 0.0624. The van der Waals surface area contributed by atoms with Crippen LogP contribution in [0.25, 0.3) is 0 Å². The van der Waals surface area contributed by atoms with E-state index in [1.807, 2.05) is 38.1 Å². The average Bonchev–Trinajstić information content (AvgIpc) is 3.04. The Balaban J connectivity index is 2.09. The third-order valence-corrected chi connectivity index (χ3v) is 3.86. The van der Waals surface area contributed by atoms with Crippen LogP contribution in [-0.4, -0.2) is 0 Å². The van der Waals surface area contributed by atoms with Crippen molar-refractivity contribution in [3.05, 3.63) is 69.7 Å². The zero-order valence-electron chi connectivity index (χ0n) is 10.3. The van der Waals surface area contributed by atoms with Gasteiger partial charge in [0.2, 0.25) is 0 Å². The number of hydrogen-bond donors (Lipinski definition) is 0. The van der Waals surface area contributed by atoms with Gasteiger partial charge in [0.05, 0.1) is 0 Å². The highest BCUT2D eigenvalue weighted by Crippen LogP contribution is 2.36. The molecule has 0 unspecified atom stereocenters. The first-order chi connectivity index (χ1) is 8.74. The summed E-state index contributed by atoms with van der Waals surface area (Å²) in [5.41, 5.74) is 0. The van der Waals surface area contributed by atoms with E-state index >= 15 is 0 Å². The van der Waals surface area contributed by atoms with E-state index < -0.39 is 0 Å². The van der Waals surface area contributed by atoms with Crippen LogP contribution in [0.5, 0.6) is 0 Å². The summed E-state index contributed by atoms with van der Waals surface area (Å²) in [4.78, 5) is 1.23. The summed E-state index contributed by atoms with van der Waals surface area (Å²) in [6.07, 6.45) is 0. The molecule has 0 radical (unpaired) electrons. The van der Waals surface area contributed by atoms with E-state index in [0.29, 0.717) is 0 Å². The van der Waals surface area contributed by atoms with Crippen molar-refractivity contribution >= 4 is 11.3 Å². The average molecular weight is 258 g/mol. The highest BCUT2D eigenvalue weighted by molar-refractivity contribution is 7.10. The zero-order chi connectivity index (χ0) is 12.5. The van der Waals surface area contributed by atoms with Gasteiger partial charge in [0.25, 0.3) is 0 Å². The predicted molar refractivity (Wildman–Crippen MR) is 72.2 cm³/mol. The van der Waals surface area contributed by atoms with Gasteiger partial charge >= 0.3 is 0 Å². The second-order valence-corrected chi connectivity index (χ2v) is 5.32. The number of furan rings is 2. The summed E-state index contributed by atoms with van der Waals surface area (Å²) in [5.74, 6) is 3.78. The molecular weight excluding hydrogens is 244 g/mol. The molecule has 0 aliphatic heterocycles. The van der Waals surface area contributed by atoms with E-state index in [1.54, 1.807) is 11.3 Å². The van der Waals surface area contributed by atoms with Gasteiger partial charge in [0.15, 0.2) is 0 Å². The topological polar surface area (TPSA) is 26.3 Å². The van der Waals surface area contributed by atoms with Crippen molar-refractivity contribution in [2.75, 3.05) is 0 Å².